The predicted molar refractivity (Wildman–Crippen MR) is 123 cm³/mol. The van der Waals surface area contributed by atoms with Gasteiger partial charge in [0.15, 0.2) is 5.69 Å². The summed E-state index contributed by atoms with van der Waals surface area (Å²) in [5.74, 6) is -0.324. The van der Waals surface area contributed by atoms with Gasteiger partial charge >= 0.3 is 5.69 Å². The zero-order valence-electron chi connectivity index (χ0n) is 18.2. The van der Waals surface area contributed by atoms with Gasteiger partial charge in [-0.05, 0) is 49.6 Å². The Morgan fingerprint density at radius 3 is 2.48 bits per heavy atom. The number of aryl methyl sites for hydroxylation is 1. The molecule has 2 aromatic heterocycles. The summed E-state index contributed by atoms with van der Waals surface area (Å²) < 4.78 is 3.26. The van der Waals surface area contributed by atoms with Gasteiger partial charge in [-0.15, -0.1) is 0 Å². The smallest absolute Gasteiger partial charge is 0.330 e. The van der Waals surface area contributed by atoms with Crippen molar-refractivity contribution in [3.8, 4) is 5.69 Å². The number of nitrogen functional groups attached to an aromatic ring is 1. The number of amides is 1. The summed E-state index contributed by atoms with van der Waals surface area (Å²) in [5, 5.41) is 0. The van der Waals surface area contributed by atoms with Crippen molar-refractivity contribution in [1.82, 2.24) is 14.1 Å². The minimum Gasteiger partial charge on any atom is -0.383 e. The average molecular weight is 424 g/mol. The molecule has 8 nitrogen and oxygen atoms in total. The lowest BCUT2D eigenvalue weighted by molar-refractivity contribution is 0.0986. The van der Waals surface area contributed by atoms with Crippen LogP contribution in [0.4, 0.5) is 11.5 Å². The molecule has 0 unspecified atom stereocenters. The summed E-state index contributed by atoms with van der Waals surface area (Å²) in [6, 6.07) is 9.25. The van der Waals surface area contributed by atoms with Crippen LogP contribution in [0, 0.1) is 6.92 Å². The number of nitrogens with one attached hydrogen (secondary N) is 1. The standard InChI is InChI=1S/C23H29N5O3/c1-4-6-14-28-20(24)19(21(29)25-23(28)31)27(11-5-2)22(30)17-10-9-16(3)18(15-17)26-12-7-8-13-26/h7-10,12-13,15H,4-6,11,14,24H2,1-3H3,(H,25,29,31). The van der Waals surface area contributed by atoms with Crippen molar-refractivity contribution >= 4 is 17.4 Å². The van der Waals surface area contributed by atoms with Crippen LogP contribution in [0.25, 0.3) is 5.69 Å². The number of hydrogen-bond donors (Lipinski definition) is 2. The third kappa shape index (κ3) is 4.47. The van der Waals surface area contributed by atoms with Gasteiger partial charge in [0.1, 0.15) is 5.82 Å². The fourth-order valence-corrected chi connectivity index (χ4v) is 3.59. The number of carbonyl (C=O) groups excluding carboxylic acids is 1. The summed E-state index contributed by atoms with van der Waals surface area (Å²) >= 11 is 0. The maximum Gasteiger partial charge on any atom is 0.330 e. The van der Waals surface area contributed by atoms with E-state index in [1.165, 1.54) is 9.47 Å². The fraction of sp³-hybridized carbons (Fsp3) is 0.348. The zero-order chi connectivity index (χ0) is 22.5. The van der Waals surface area contributed by atoms with E-state index in [2.05, 4.69) is 4.98 Å². The number of carbonyl (C=O) groups is 1. The van der Waals surface area contributed by atoms with Gasteiger partial charge in [-0.25, -0.2) is 4.79 Å². The number of anilines is 2. The summed E-state index contributed by atoms with van der Waals surface area (Å²) in [7, 11) is 0. The van der Waals surface area contributed by atoms with Crippen molar-refractivity contribution in [2.45, 2.75) is 46.6 Å². The summed E-state index contributed by atoms with van der Waals surface area (Å²) in [5.41, 5.74) is 7.38. The van der Waals surface area contributed by atoms with Crippen molar-refractivity contribution in [3.63, 3.8) is 0 Å². The van der Waals surface area contributed by atoms with Crippen LogP contribution in [-0.2, 0) is 6.54 Å². The number of nitrogens with two attached hydrogens (primary N) is 1. The highest BCUT2D eigenvalue weighted by molar-refractivity contribution is 6.07. The number of hydrogen-bond acceptors (Lipinski definition) is 4. The number of rotatable bonds is 8. The van der Waals surface area contributed by atoms with E-state index in [-0.39, 0.29) is 17.4 Å². The van der Waals surface area contributed by atoms with Crippen LogP contribution >= 0.6 is 0 Å². The lowest BCUT2D eigenvalue weighted by Crippen LogP contribution is -2.41. The lowest BCUT2D eigenvalue weighted by atomic mass is 10.1. The van der Waals surface area contributed by atoms with Gasteiger partial charge in [0.2, 0.25) is 0 Å². The van der Waals surface area contributed by atoms with Crippen molar-refractivity contribution in [2.24, 2.45) is 0 Å². The summed E-state index contributed by atoms with van der Waals surface area (Å²) in [6.45, 7) is 6.56. The minimum atomic E-state index is -0.658. The Bertz CT molecular complexity index is 1170. The molecular weight excluding hydrogens is 394 g/mol. The molecule has 164 valence electrons. The molecule has 1 aromatic carbocycles. The second kappa shape index (κ2) is 9.51. The fourth-order valence-electron chi connectivity index (χ4n) is 3.59. The van der Waals surface area contributed by atoms with Crippen molar-refractivity contribution in [2.75, 3.05) is 17.2 Å². The predicted octanol–water partition coefficient (Wildman–Crippen LogP) is 3.07. The van der Waals surface area contributed by atoms with Gasteiger partial charge in [0.05, 0.1) is 0 Å². The first-order valence-electron chi connectivity index (χ1n) is 10.6. The van der Waals surface area contributed by atoms with Crippen LogP contribution in [0.3, 0.4) is 0 Å². The number of aromatic amines is 1. The molecule has 0 bridgehead atoms. The number of aromatic nitrogens is 3. The molecule has 0 saturated carbocycles. The van der Waals surface area contributed by atoms with Gasteiger partial charge in [0, 0.05) is 36.7 Å². The van der Waals surface area contributed by atoms with Crippen molar-refractivity contribution < 1.29 is 4.79 Å². The molecule has 0 saturated heterocycles. The van der Waals surface area contributed by atoms with E-state index in [0.717, 1.165) is 24.1 Å². The first-order valence-corrected chi connectivity index (χ1v) is 10.6. The van der Waals surface area contributed by atoms with Crippen LogP contribution in [0.2, 0.25) is 0 Å². The maximum atomic E-state index is 13.5. The molecule has 31 heavy (non-hydrogen) atoms. The molecule has 0 aliphatic rings. The maximum absolute atomic E-state index is 13.5. The molecule has 3 aromatic rings. The molecular formula is C23H29N5O3. The van der Waals surface area contributed by atoms with Gasteiger partial charge in [0.25, 0.3) is 11.5 Å². The van der Waals surface area contributed by atoms with E-state index in [4.69, 9.17) is 5.73 Å². The Labute approximate surface area is 180 Å². The number of unbranched alkanes of at least 4 members (excludes halogenated alkanes) is 1. The highest BCUT2D eigenvalue weighted by Gasteiger charge is 2.25. The third-order valence-corrected chi connectivity index (χ3v) is 5.25. The Balaban J connectivity index is 2.10. The van der Waals surface area contributed by atoms with Crippen LogP contribution < -0.4 is 21.9 Å². The normalized spacial score (nSPS) is 10.9. The minimum absolute atomic E-state index is 0.0155. The molecule has 0 aliphatic carbocycles. The number of nitrogens with zero attached hydrogens (tertiary/aromatic N) is 3. The van der Waals surface area contributed by atoms with Crippen molar-refractivity contribution in [1.29, 1.82) is 0 Å². The Hall–Kier alpha value is -3.55. The first kappa shape index (κ1) is 22.1. The number of benzene rings is 1. The van der Waals surface area contributed by atoms with Crippen LogP contribution in [0.15, 0.2) is 52.3 Å². The Morgan fingerprint density at radius 1 is 1.13 bits per heavy atom. The third-order valence-electron chi connectivity index (χ3n) is 5.25. The van der Waals surface area contributed by atoms with E-state index in [1.54, 1.807) is 12.1 Å². The van der Waals surface area contributed by atoms with Gasteiger partial charge in [-0.2, -0.15) is 0 Å². The van der Waals surface area contributed by atoms with Gasteiger partial charge < -0.3 is 15.2 Å². The monoisotopic (exact) mass is 423 g/mol. The topological polar surface area (TPSA) is 106 Å². The zero-order valence-corrected chi connectivity index (χ0v) is 18.2. The second-order valence-electron chi connectivity index (χ2n) is 7.55. The van der Waals surface area contributed by atoms with Crippen LogP contribution in [-0.4, -0.2) is 26.6 Å². The highest BCUT2D eigenvalue weighted by atomic mass is 16.2. The summed E-state index contributed by atoms with van der Waals surface area (Å²) in [4.78, 5) is 42.2. The van der Waals surface area contributed by atoms with E-state index >= 15 is 0 Å². The molecule has 0 fully saturated rings. The molecule has 2 heterocycles. The molecule has 1 amide bonds. The Morgan fingerprint density at radius 2 is 1.84 bits per heavy atom. The SMILES string of the molecule is CCCCn1c(N)c(N(CCC)C(=O)c2ccc(C)c(-n3cccc3)c2)c(=O)[nH]c1=O. The highest BCUT2D eigenvalue weighted by Crippen LogP contribution is 2.23. The molecule has 0 spiro atoms. The lowest BCUT2D eigenvalue weighted by Gasteiger charge is -2.24. The van der Waals surface area contributed by atoms with Crippen LogP contribution in [0.1, 0.15) is 49.0 Å². The van der Waals surface area contributed by atoms with E-state index < -0.39 is 11.2 Å². The molecule has 0 radical (unpaired) electrons. The summed E-state index contributed by atoms with van der Waals surface area (Å²) in [6.07, 6.45) is 6.04. The average Bonchev–Trinajstić information content (AvgIpc) is 3.27. The van der Waals surface area contributed by atoms with E-state index in [0.29, 0.717) is 25.1 Å². The molecule has 3 N–H and O–H groups in total. The van der Waals surface area contributed by atoms with E-state index in [9.17, 15) is 14.4 Å². The molecule has 0 atom stereocenters. The second-order valence-corrected chi connectivity index (χ2v) is 7.55. The van der Waals surface area contributed by atoms with Crippen molar-refractivity contribution in [3.05, 3.63) is 74.7 Å². The largest absolute Gasteiger partial charge is 0.383 e. The number of H-pyrrole nitrogens is 1. The molecule has 8 heteroatoms. The van der Waals surface area contributed by atoms with Gasteiger partial charge in [-0.1, -0.05) is 26.3 Å². The molecule has 3 rings (SSSR count). The van der Waals surface area contributed by atoms with Gasteiger partial charge in [-0.3, -0.25) is 19.1 Å². The van der Waals surface area contributed by atoms with E-state index in [1.807, 2.05) is 55.9 Å². The first-order chi connectivity index (χ1) is 14.9. The van der Waals surface area contributed by atoms with Crippen LogP contribution in [0.5, 0.6) is 0 Å². The Kier molecular flexibility index (Phi) is 6.79. The quantitative estimate of drug-likeness (QED) is 0.581. The molecule has 0 aliphatic heterocycles.